The molecule has 8 heteroatoms. The molecule has 0 unspecified atom stereocenters. The summed E-state index contributed by atoms with van der Waals surface area (Å²) in [6, 6.07) is 11.7. The summed E-state index contributed by atoms with van der Waals surface area (Å²) in [5.74, 6) is 0. The first-order valence-electron chi connectivity index (χ1n) is 8.27. The van der Waals surface area contributed by atoms with Gasteiger partial charge >= 0.3 is 6.18 Å². The standard InChI is InChI=1S/C18H18F3N3O2/c19-18(20,21)13-5-7-15(8-6-13)23-11-9-14(10-12-23)22-16-3-1-2-4-17(16)24(25)26/h1-8,14,22H,9-12H2. The molecule has 1 aliphatic rings. The summed E-state index contributed by atoms with van der Waals surface area (Å²) < 4.78 is 37.9. The Morgan fingerprint density at radius 2 is 1.65 bits per heavy atom. The summed E-state index contributed by atoms with van der Waals surface area (Å²) >= 11 is 0. The van der Waals surface area contributed by atoms with Crippen LogP contribution in [0.4, 0.5) is 30.2 Å². The third-order valence-corrected chi connectivity index (χ3v) is 4.52. The second kappa shape index (κ2) is 7.23. The molecule has 1 saturated heterocycles. The van der Waals surface area contributed by atoms with Crippen molar-refractivity contribution >= 4 is 17.1 Å². The Bertz CT molecular complexity index is 770. The van der Waals surface area contributed by atoms with E-state index in [1.165, 1.54) is 18.2 Å². The molecule has 1 N–H and O–H groups in total. The lowest BCUT2D eigenvalue weighted by Crippen LogP contribution is -2.39. The van der Waals surface area contributed by atoms with E-state index in [0.717, 1.165) is 30.7 Å². The third kappa shape index (κ3) is 4.07. The van der Waals surface area contributed by atoms with Crippen LogP contribution >= 0.6 is 0 Å². The molecule has 0 aromatic heterocycles. The highest BCUT2D eigenvalue weighted by atomic mass is 19.4. The van der Waals surface area contributed by atoms with Crippen LogP contribution in [0.3, 0.4) is 0 Å². The Hall–Kier alpha value is -2.77. The van der Waals surface area contributed by atoms with E-state index in [1.54, 1.807) is 18.2 Å². The number of nitrogens with zero attached hydrogens (tertiary/aromatic N) is 2. The van der Waals surface area contributed by atoms with Gasteiger partial charge in [0.1, 0.15) is 5.69 Å². The summed E-state index contributed by atoms with van der Waals surface area (Å²) in [6.07, 6.45) is -2.85. The highest BCUT2D eigenvalue weighted by molar-refractivity contribution is 5.61. The molecule has 138 valence electrons. The van der Waals surface area contributed by atoms with Crippen molar-refractivity contribution in [1.29, 1.82) is 0 Å². The molecule has 26 heavy (non-hydrogen) atoms. The van der Waals surface area contributed by atoms with E-state index in [1.807, 2.05) is 4.90 Å². The maximum atomic E-state index is 12.6. The SMILES string of the molecule is O=[N+]([O-])c1ccccc1NC1CCN(c2ccc(C(F)(F)F)cc2)CC1. The quantitative estimate of drug-likeness (QED) is 0.631. The number of hydrogen-bond acceptors (Lipinski definition) is 4. The minimum Gasteiger partial charge on any atom is -0.377 e. The van der Waals surface area contributed by atoms with Gasteiger partial charge in [-0.2, -0.15) is 13.2 Å². The van der Waals surface area contributed by atoms with E-state index in [9.17, 15) is 23.3 Å². The summed E-state index contributed by atoms with van der Waals surface area (Å²) in [4.78, 5) is 12.7. The number of halogens is 3. The Balaban J connectivity index is 1.60. The summed E-state index contributed by atoms with van der Waals surface area (Å²) in [7, 11) is 0. The van der Waals surface area contributed by atoms with Gasteiger partial charge in [-0.1, -0.05) is 12.1 Å². The molecule has 1 aliphatic heterocycles. The van der Waals surface area contributed by atoms with Gasteiger partial charge in [0.15, 0.2) is 0 Å². The summed E-state index contributed by atoms with van der Waals surface area (Å²) in [5.41, 5.74) is 0.625. The lowest BCUT2D eigenvalue weighted by Gasteiger charge is -2.34. The van der Waals surface area contributed by atoms with E-state index in [2.05, 4.69) is 5.32 Å². The van der Waals surface area contributed by atoms with Crippen molar-refractivity contribution in [2.45, 2.75) is 25.1 Å². The maximum absolute atomic E-state index is 12.6. The van der Waals surface area contributed by atoms with Crippen LogP contribution in [0.2, 0.25) is 0 Å². The zero-order valence-corrected chi connectivity index (χ0v) is 13.9. The molecular weight excluding hydrogens is 347 g/mol. The molecule has 0 atom stereocenters. The third-order valence-electron chi connectivity index (χ3n) is 4.52. The first kappa shape index (κ1) is 18.0. The molecule has 0 spiro atoms. The first-order valence-corrected chi connectivity index (χ1v) is 8.27. The smallest absolute Gasteiger partial charge is 0.377 e. The van der Waals surface area contributed by atoms with Crippen molar-refractivity contribution in [2.75, 3.05) is 23.3 Å². The van der Waals surface area contributed by atoms with Gasteiger partial charge in [-0.05, 0) is 43.2 Å². The van der Waals surface area contributed by atoms with Gasteiger partial charge in [-0.3, -0.25) is 10.1 Å². The second-order valence-electron chi connectivity index (χ2n) is 6.22. The van der Waals surface area contributed by atoms with Crippen LogP contribution in [0.25, 0.3) is 0 Å². The molecule has 2 aromatic rings. The van der Waals surface area contributed by atoms with Gasteiger partial charge in [-0.25, -0.2) is 0 Å². The molecule has 0 aliphatic carbocycles. The fraction of sp³-hybridized carbons (Fsp3) is 0.333. The van der Waals surface area contributed by atoms with Crippen LogP contribution in [0.5, 0.6) is 0 Å². The average molecular weight is 365 g/mol. The normalized spacial score (nSPS) is 15.7. The zero-order valence-electron chi connectivity index (χ0n) is 13.9. The number of alkyl halides is 3. The number of benzene rings is 2. The van der Waals surface area contributed by atoms with Crippen molar-refractivity contribution in [3.8, 4) is 0 Å². The van der Waals surface area contributed by atoms with Crippen molar-refractivity contribution < 1.29 is 18.1 Å². The number of nitro groups is 1. The number of nitro benzene ring substituents is 1. The average Bonchev–Trinajstić information content (AvgIpc) is 2.62. The number of rotatable bonds is 4. The lowest BCUT2D eigenvalue weighted by atomic mass is 10.0. The van der Waals surface area contributed by atoms with Gasteiger partial charge in [0.2, 0.25) is 0 Å². The van der Waals surface area contributed by atoms with Crippen LogP contribution in [0, 0.1) is 10.1 Å². The minimum atomic E-state index is -4.33. The molecule has 1 heterocycles. The minimum absolute atomic E-state index is 0.0395. The molecule has 2 aromatic carbocycles. The second-order valence-corrected chi connectivity index (χ2v) is 6.22. The van der Waals surface area contributed by atoms with Crippen LogP contribution in [-0.2, 0) is 6.18 Å². The molecule has 5 nitrogen and oxygen atoms in total. The Kier molecular flexibility index (Phi) is 5.01. The molecule has 0 amide bonds. The maximum Gasteiger partial charge on any atom is 0.416 e. The van der Waals surface area contributed by atoms with E-state index in [4.69, 9.17) is 0 Å². The van der Waals surface area contributed by atoms with Crippen molar-refractivity contribution in [3.05, 3.63) is 64.2 Å². The van der Waals surface area contributed by atoms with Gasteiger partial charge in [0.25, 0.3) is 5.69 Å². The molecular formula is C18H18F3N3O2. The van der Waals surface area contributed by atoms with Gasteiger partial charge in [0.05, 0.1) is 10.5 Å². The zero-order chi connectivity index (χ0) is 18.7. The topological polar surface area (TPSA) is 58.4 Å². The van der Waals surface area contributed by atoms with Gasteiger partial charge in [0, 0.05) is 30.9 Å². The number of anilines is 2. The summed E-state index contributed by atoms with van der Waals surface area (Å²) in [5, 5.41) is 14.3. The number of piperidine rings is 1. The number of nitrogens with one attached hydrogen (secondary N) is 1. The summed E-state index contributed by atoms with van der Waals surface area (Å²) in [6.45, 7) is 1.34. The van der Waals surface area contributed by atoms with Crippen LogP contribution in [-0.4, -0.2) is 24.1 Å². The fourth-order valence-corrected chi connectivity index (χ4v) is 3.12. The molecule has 1 fully saturated rings. The highest BCUT2D eigenvalue weighted by Crippen LogP contribution is 2.31. The number of para-hydroxylation sites is 2. The van der Waals surface area contributed by atoms with E-state index in [-0.39, 0.29) is 11.7 Å². The fourth-order valence-electron chi connectivity index (χ4n) is 3.12. The van der Waals surface area contributed by atoms with E-state index >= 15 is 0 Å². The molecule has 3 rings (SSSR count). The largest absolute Gasteiger partial charge is 0.416 e. The van der Waals surface area contributed by atoms with Gasteiger partial charge < -0.3 is 10.2 Å². The Labute approximate surface area is 148 Å². The van der Waals surface area contributed by atoms with E-state index in [0.29, 0.717) is 18.8 Å². The molecule has 0 radical (unpaired) electrons. The van der Waals surface area contributed by atoms with Crippen molar-refractivity contribution in [3.63, 3.8) is 0 Å². The Morgan fingerprint density at radius 3 is 2.23 bits per heavy atom. The van der Waals surface area contributed by atoms with Crippen LogP contribution in [0.15, 0.2) is 48.5 Å². The molecule has 0 bridgehead atoms. The molecule has 0 saturated carbocycles. The monoisotopic (exact) mass is 365 g/mol. The Morgan fingerprint density at radius 1 is 1.04 bits per heavy atom. The van der Waals surface area contributed by atoms with Crippen molar-refractivity contribution in [1.82, 2.24) is 0 Å². The lowest BCUT2D eigenvalue weighted by molar-refractivity contribution is -0.384. The number of hydrogen-bond donors (Lipinski definition) is 1. The van der Waals surface area contributed by atoms with Crippen LogP contribution < -0.4 is 10.2 Å². The van der Waals surface area contributed by atoms with E-state index < -0.39 is 16.7 Å². The predicted octanol–water partition coefficient (Wildman–Crippen LogP) is 4.69. The van der Waals surface area contributed by atoms with Crippen LogP contribution in [0.1, 0.15) is 18.4 Å². The highest BCUT2D eigenvalue weighted by Gasteiger charge is 2.30. The van der Waals surface area contributed by atoms with Crippen molar-refractivity contribution in [2.24, 2.45) is 0 Å². The first-order chi connectivity index (χ1) is 12.3. The van der Waals surface area contributed by atoms with Gasteiger partial charge in [-0.15, -0.1) is 0 Å². The predicted molar refractivity (Wildman–Crippen MR) is 93.4 cm³/mol.